The molecule has 1 aromatic carbocycles. The second-order valence-corrected chi connectivity index (χ2v) is 3.99. The molecule has 0 heterocycles. The van der Waals surface area contributed by atoms with Crippen molar-refractivity contribution in [3.63, 3.8) is 0 Å². The van der Waals surface area contributed by atoms with Gasteiger partial charge >= 0.3 is 5.97 Å². The normalized spacial score (nSPS) is 11.7. The molecule has 0 aliphatic heterocycles. The minimum absolute atomic E-state index is 0.0301. The molecule has 5 nitrogen and oxygen atoms in total. The van der Waals surface area contributed by atoms with Crippen LogP contribution in [-0.4, -0.2) is 25.7 Å². The monoisotopic (exact) mass is 213 g/mol. The van der Waals surface area contributed by atoms with Crippen molar-refractivity contribution in [1.82, 2.24) is 0 Å². The molecule has 0 unspecified atom stereocenters. The number of hydrogen-bond donors (Lipinski definition) is 1. The van der Waals surface area contributed by atoms with Crippen molar-refractivity contribution in [2.45, 2.75) is 4.90 Å². The second kappa shape index (κ2) is 4.01. The van der Waals surface area contributed by atoms with Crippen molar-refractivity contribution in [2.75, 3.05) is 0 Å². The summed E-state index contributed by atoms with van der Waals surface area (Å²) < 4.78 is 25.5. The molecule has 0 aliphatic carbocycles. The summed E-state index contributed by atoms with van der Waals surface area (Å²) in [6, 6.07) is 7.40. The number of nitrogens with zero attached hydrogens (tertiary/aromatic N) is 1. The molecular weight excluding hydrogens is 206 g/mol. The first-order valence-corrected chi connectivity index (χ1v) is 5.05. The molecule has 0 bridgehead atoms. The van der Waals surface area contributed by atoms with Crippen LogP contribution in [0, 0.1) is 0 Å². The highest BCUT2D eigenvalue weighted by molar-refractivity contribution is 7.90. The highest BCUT2D eigenvalue weighted by atomic mass is 32.2. The van der Waals surface area contributed by atoms with Gasteiger partial charge in [0.15, 0.2) is 0 Å². The summed E-state index contributed by atoms with van der Waals surface area (Å²) in [5.41, 5.74) is 0. The van der Waals surface area contributed by atoms with E-state index in [1.807, 2.05) is 0 Å². The molecule has 1 N–H and O–H groups in total. The van der Waals surface area contributed by atoms with Crippen LogP contribution < -0.4 is 0 Å². The van der Waals surface area contributed by atoms with E-state index in [0.717, 1.165) is 0 Å². The Labute approximate surface area is 80.8 Å². The minimum Gasteiger partial charge on any atom is -0.477 e. The summed E-state index contributed by atoms with van der Waals surface area (Å²) in [7, 11) is -3.87. The molecule has 1 aromatic rings. The Balaban J connectivity index is 3.05. The van der Waals surface area contributed by atoms with E-state index in [2.05, 4.69) is 4.40 Å². The largest absolute Gasteiger partial charge is 0.477 e. The SMILES string of the molecule is O=C(O)C=NS(=O)(=O)c1ccccc1. The summed E-state index contributed by atoms with van der Waals surface area (Å²) in [5, 5.41) is 8.21. The lowest BCUT2D eigenvalue weighted by molar-refractivity contribution is -0.128. The number of carboxylic acids is 1. The van der Waals surface area contributed by atoms with Gasteiger partial charge in [0.05, 0.1) is 4.90 Å². The Bertz CT molecular complexity index is 449. The number of hydrogen-bond acceptors (Lipinski definition) is 3. The highest BCUT2D eigenvalue weighted by Gasteiger charge is 2.10. The third-order valence-electron chi connectivity index (χ3n) is 1.34. The van der Waals surface area contributed by atoms with E-state index in [9.17, 15) is 13.2 Å². The van der Waals surface area contributed by atoms with Crippen LogP contribution in [0.3, 0.4) is 0 Å². The van der Waals surface area contributed by atoms with Gasteiger partial charge in [-0.05, 0) is 12.1 Å². The lowest BCUT2D eigenvalue weighted by Crippen LogP contribution is -2.01. The van der Waals surface area contributed by atoms with Gasteiger partial charge in [-0.15, -0.1) is 0 Å². The number of carbonyl (C=O) groups is 1. The standard InChI is InChI=1S/C8H7NO4S/c10-8(11)6-9-14(12,13)7-4-2-1-3-5-7/h1-6H,(H,10,11). The van der Waals surface area contributed by atoms with E-state index < -0.39 is 16.0 Å². The van der Waals surface area contributed by atoms with Gasteiger partial charge in [0, 0.05) is 0 Å². The molecular formula is C8H7NO4S. The van der Waals surface area contributed by atoms with Crippen LogP contribution >= 0.6 is 0 Å². The Hall–Kier alpha value is -1.69. The first-order valence-electron chi connectivity index (χ1n) is 3.61. The lowest BCUT2D eigenvalue weighted by atomic mass is 10.4. The first kappa shape index (κ1) is 10.4. The van der Waals surface area contributed by atoms with Gasteiger partial charge in [0.2, 0.25) is 0 Å². The van der Waals surface area contributed by atoms with Crippen molar-refractivity contribution >= 4 is 22.2 Å². The number of rotatable bonds is 3. The fourth-order valence-electron chi connectivity index (χ4n) is 0.768. The van der Waals surface area contributed by atoms with Gasteiger partial charge < -0.3 is 5.11 Å². The van der Waals surface area contributed by atoms with Crippen LogP contribution in [0.4, 0.5) is 0 Å². The average Bonchev–Trinajstić information content (AvgIpc) is 2.16. The third kappa shape index (κ3) is 2.67. The van der Waals surface area contributed by atoms with E-state index in [-0.39, 0.29) is 4.90 Å². The van der Waals surface area contributed by atoms with E-state index in [0.29, 0.717) is 6.21 Å². The lowest BCUT2D eigenvalue weighted by Gasteiger charge is -1.95. The summed E-state index contributed by atoms with van der Waals surface area (Å²) >= 11 is 0. The maximum absolute atomic E-state index is 11.3. The Morgan fingerprint density at radius 1 is 1.29 bits per heavy atom. The summed E-state index contributed by atoms with van der Waals surface area (Å²) in [6.07, 6.45) is 0.350. The van der Waals surface area contributed by atoms with Crippen LogP contribution in [0.2, 0.25) is 0 Å². The van der Waals surface area contributed by atoms with Gasteiger partial charge in [-0.1, -0.05) is 18.2 Å². The van der Waals surface area contributed by atoms with Crippen molar-refractivity contribution < 1.29 is 18.3 Å². The maximum Gasteiger partial charge on any atom is 0.347 e. The average molecular weight is 213 g/mol. The molecule has 0 radical (unpaired) electrons. The number of carboxylic acid groups (broad SMARTS) is 1. The summed E-state index contributed by atoms with van der Waals surface area (Å²) in [6.45, 7) is 0. The zero-order chi connectivity index (χ0) is 10.6. The smallest absolute Gasteiger partial charge is 0.347 e. The molecule has 0 aromatic heterocycles. The van der Waals surface area contributed by atoms with Crippen molar-refractivity contribution in [1.29, 1.82) is 0 Å². The van der Waals surface area contributed by atoms with E-state index in [1.54, 1.807) is 6.07 Å². The molecule has 6 heteroatoms. The zero-order valence-corrected chi connectivity index (χ0v) is 7.81. The molecule has 14 heavy (non-hydrogen) atoms. The molecule has 0 atom stereocenters. The van der Waals surface area contributed by atoms with Crippen LogP contribution in [0.5, 0.6) is 0 Å². The van der Waals surface area contributed by atoms with Crippen LogP contribution in [0.15, 0.2) is 39.6 Å². The van der Waals surface area contributed by atoms with Gasteiger partial charge in [-0.25, -0.2) is 4.79 Å². The first-order chi connectivity index (χ1) is 6.52. The van der Waals surface area contributed by atoms with Gasteiger partial charge in [-0.3, -0.25) is 0 Å². The van der Waals surface area contributed by atoms with E-state index in [1.165, 1.54) is 24.3 Å². The quantitative estimate of drug-likeness (QED) is 0.742. The predicted octanol–water partition coefficient (Wildman–Crippen LogP) is 0.531. The van der Waals surface area contributed by atoms with Crippen molar-refractivity contribution in [3.05, 3.63) is 30.3 Å². The molecule has 1 rings (SSSR count). The van der Waals surface area contributed by atoms with Crippen molar-refractivity contribution in [3.8, 4) is 0 Å². The molecule has 74 valence electrons. The van der Waals surface area contributed by atoms with Crippen molar-refractivity contribution in [2.24, 2.45) is 4.40 Å². The molecule has 0 saturated carbocycles. The van der Waals surface area contributed by atoms with Gasteiger partial charge in [-0.2, -0.15) is 12.8 Å². The number of aliphatic carboxylic acids is 1. The topological polar surface area (TPSA) is 83.8 Å². The molecule has 0 spiro atoms. The van der Waals surface area contributed by atoms with Gasteiger partial charge in [0.25, 0.3) is 10.0 Å². The van der Waals surface area contributed by atoms with E-state index >= 15 is 0 Å². The molecule has 0 fully saturated rings. The van der Waals surface area contributed by atoms with Crippen LogP contribution in [0.25, 0.3) is 0 Å². The van der Waals surface area contributed by atoms with E-state index in [4.69, 9.17) is 5.11 Å². The zero-order valence-electron chi connectivity index (χ0n) is 6.99. The van der Waals surface area contributed by atoms with Gasteiger partial charge in [0.1, 0.15) is 6.21 Å². The minimum atomic E-state index is -3.87. The maximum atomic E-state index is 11.3. The Morgan fingerprint density at radius 3 is 2.36 bits per heavy atom. The van der Waals surface area contributed by atoms with Crippen LogP contribution in [-0.2, 0) is 14.8 Å². The number of sulfonamides is 1. The fourth-order valence-corrected chi connectivity index (χ4v) is 1.62. The number of benzene rings is 1. The fraction of sp³-hybridized carbons (Fsp3) is 0. The Morgan fingerprint density at radius 2 is 1.86 bits per heavy atom. The molecule has 0 amide bonds. The highest BCUT2D eigenvalue weighted by Crippen LogP contribution is 2.09. The Kier molecular flexibility index (Phi) is 2.98. The second-order valence-electron chi connectivity index (χ2n) is 2.36. The third-order valence-corrected chi connectivity index (χ3v) is 2.59. The molecule has 0 aliphatic rings. The summed E-state index contributed by atoms with van der Waals surface area (Å²) in [4.78, 5) is 10.0. The predicted molar refractivity (Wildman–Crippen MR) is 49.8 cm³/mol. The van der Waals surface area contributed by atoms with Crippen LogP contribution in [0.1, 0.15) is 0 Å². The molecule has 0 saturated heterocycles. The summed E-state index contributed by atoms with van der Waals surface area (Å²) in [5.74, 6) is -1.40.